The summed E-state index contributed by atoms with van der Waals surface area (Å²) in [5.74, 6) is -2.69. The van der Waals surface area contributed by atoms with Gasteiger partial charge in [0.25, 0.3) is 0 Å². The van der Waals surface area contributed by atoms with E-state index in [1.807, 2.05) is 0 Å². The number of halogens is 2. The lowest BCUT2D eigenvalue weighted by molar-refractivity contribution is -0.139. The first kappa shape index (κ1) is 17.7. The van der Waals surface area contributed by atoms with Gasteiger partial charge in [-0.15, -0.1) is 6.58 Å². The van der Waals surface area contributed by atoms with Crippen molar-refractivity contribution >= 4 is 12.0 Å². The van der Waals surface area contributed by atoms with Gasteiger partial charge in [-0.2, -0.15) is 0 Å². The Morgan fingerprint density at radius 3 is 2.71 bits per heavy atom. The summed E-state index contributed by atoms with van der Waals surface area (Å²) in [5, 5.41) is 2.63. The number of urea groups is 1. The Labute approximate surface area is 138 Å². The van der Waals surface area contributed by atoms with Crippen molar-refractivity contribution in [3.8, 4) is 0 Å². The van der Waals surface area contributed by atoms with Crippen molar-refractivity contribution in [3.05, 3.63) is 59.3 Å². The molecule has 1 aromatic rings. The molecule has 0 aliphatic carbocycles. The van der Waals surface area contributed by atoms with E-state index in [0.717, 1.165) is 12.1 Å². The van der Waals surface area contributed by atoms with Gasteiger partial charge in [0, 0.05) is 12.2 Å². The molecule has 1 aromatic carbocycles. The van der Waals surface area contributed by atoms with E-state index >= 15 is 0 Å². The summed E-state index contributed by atoms with van der Waals surface area (Å²) >= 11 is 0. The smallest absolute Gasteiger partial charge is 0.338 e. The second-order valence-corrected chi connectivity index (χ2v) is 5.17. The number of ether oxygens (including phenoxy) is 1. The van der Waals surface area contributed by atoms with Crippen LogP contribution in [0.5, 0.6) is 0 Å². The Morgan fingerprint density at radius 1 is 1.42 bits per heavy atom. The highest BCUT2D eigenvalue weighted by molar-refractivity contribution is 5.95. The van der Waals surface area contributed by atoms with Crippen LogP contribution in [0.25, 0.3) is 0 Å². The van der Waals surface area contributed by atoms with Gasteiger partial charge in [-0.05, 0) is 31.5 Å². The van der Waals surface area contributed by atoms with E-state index in [2.05, 4.69) is 11.9 Å². The molecule has 7 heteroatoms. The second-order valence-electron chi connectivity index (χ2n) is 5.17. The lowest BCUT2D eigenvalue weighted by Crippen LogP contribution is -2.48. The van der Waals surface area contributed by atoms with E-state index in [9.17, 15) is 18.4 Å². The second kappa shape index (κ2) is 7.25. The highest BCUT2D eigenvalue weighted by atomic mass is 19.2. The molecule has 0 saturated carbocycles. The summed E-state index contributed by atoms with van der Waals surface area (Å²) < 4.78 is 31.8. The SMILES string of the molecule is C=CCN1C(=O)N[C@H](c2ccc(F)c(F)c2)C(C(=O)OCC)=C1C. The largest absolute Gasteiger partial charge is 0.463 e. The Morgan fingerprint density at radius 2 is 2.12 bits per heavy atom. The maximum Gasteiger partial charge on any atom is 0.338 e. The maximum atomic E-state index is 13.6. The van der Waals surface area contributed by atoms with Crippen molar-refractivity contribution in [1.82, 2.24) is 10.2 Å². The first-order valence-corrected chi connectivity index (χ1v) is 7.42. The molecule has 1 heterocycles. The molecule has 0 bridgehead atoms. The van der Waals surface area contributed by atoms with Gasteiger partial charge in [-0.1, -0.05) is 12.1 Å². The van der Waals surface area contributed by atoms with Crippen molar-refractivity contribution in [3.63, 3.8) is 0 Å². The van der Waals surface area contributed by atoms with Crippen molar-refractivity contribution in [2.75, 3.05) is 13.2 Å². The van der Waals surface area contributed by atoms with Crippen LogP contribution in [0, 0.1) is 11.6 Å². The third kappa shape index (κ3) is 3.29. The van der Waals surface area contributed by atoms with E-state index in [4.69, 9.17) is 4.74 Å². The van der Waals surface area contributed by atoms with E-state index in [1.54, 1.807) is 13.8 Å². The van der Waals surface area contributed by atoms with Crippen molar-refractivity contribution in [2.45, 2.75) is 19.9 Å². The number of allylic oxidation sites excluding steroid dienone is 1. The number of carbonyl (C=O) groups is 2. The normalized spacial score (nSPS) is 17.6. The zero-order valence-electron chi connectivity index (χ0n) is 13.4. The number of rotatable bonds is 5. The number of benzene rings is 1. The first-order chi connectivity index (χ1) is 11.4. The maximum absolute atomic E-state index is 13.6. The number of amides is 2. The van der Waals surface area contributed by atoms with Gasteiger partial charge in [0.05, 0.1) is 18.2 Å². The molecule has 5 nitrogen and oxygen atoms in total. The molecule has 1 atom stereocenters. The van der Waals surface area contributed by atoms with Crippen LogP contribution in [-0.4, -0.2) is 30.1 Å². The monoisotopic (exact) mass is 336 g/mol. The third-order valence-electron chi connectivity index (χ3n) is 3.68. The molecule has 2 rings (SSSR count). The average Bonchev–Trinajstić information content (AvgIpc) is 2.53. The lowest BCUT2D eigenvalue weighted by Gasteiger charge is -2.34. The summed E-state index contributed by atoms with van der Waals surface area (Å²) in [6.45, 7) is 7.18. The minimum Gasteiger partial charge on any atom is -0.463 e. The molecule has 24 heavy (non-hydrogen) atoms. The van der Waals surface area contributed by atoms with Gasteiger partial charge in [0.15, 0.2) is 11.6 Å². The van der Waals surface area contributed by atoms with Gasteiger partial charge in [-0.25, -0.2) is 18.4 Å². The van der Waals surface area contributed by atoms with Gasteiger partial charge in [0.1, 0.15) is 0 Å². The number of hydrogen-bond donors (Lipinski definition) is 1. The molecule has 128 valence electrons. The quantitative estimate of drug-likeness (QED) is 0.664. The minimum atomic E-state index is -1.06. The Hall–Kier alpha value is -2.70. The van der Waals surface area contributed by atoms with E-state index in [-0.39, 0.29) is 24.3 Å². The summed E-state index contributed by atoms with van der Waals surface area (Å²) in [7, 11) is 0. The molecule has 0 spiro atoms. The van der Waals surface area contributed by atoms with Gasteiger partial charge >= 0.3 is 12.0 Å². The van der Waals surface area contributed by atoms with Crippen LogP contribution < -0.4 is 5.32 Å². The van der Waals surface area contributed by atoms with Crippen LogP contribution in [-0.2, 0) is 9.53 Å². The van der Waals surface area contributed by atoms with Crippen LogP contribution in [0.15, 0.2) is 42.1 Å². The van der Waals surface area contributed by atoms with E-state index in [1.165, 1.54) is 17.0 Å². The average molecular weight is 336 g/mol. The van der Waals surface area contributed by atoms with Crippen molar-refractivity contribution < 1.29 is 23.1 Å². The number of nitrogens with zero attached hydrogens (tertiary/aromatic N) is 1. The number of esters is 1. The molecule has 1 aliphatic heterocycles. The molecular weight excluding hydrogens is 318 g/mol. The standard InChI is InChI=1S/C17H18F2N2O3/c1-4-8-21-10(3)14(16(22)24-5-2)15(20-17(21)23)11-6-7-12(18)13(19)9-11/h4,6-7,9,15H,1,5,8H2,2-3H3,(H,20,23)/t15-/m1/s1. The highest BCUT2D eigenvalue weighted by Crippen LogP contribution is 2.31. The fraction of sp³-hybridized carbons (Fsp3) is 0.294. The zero-order valence-corrected chi connectivity index (χ0v) is 13.4. The van der Waals surface area contributed by atoms with Gasteiger partial charge in [0.2, 0.25) is 0 Å². The number of nitrogens with one attached hydrogen (secondary N) is 1. The van der Waals surface area contributed by atoms with Crippen molar-refractivity contribution in [1.29, 1.82) is 0 Å². The van der Waals surface area contributed by atoms with Gasteiger partial charge < -0.3 is 10.1 Å². The first-order valence-electron chi connectivity index (χ1n) is 7.42. The third-order valence-corrected chi connectivity index (χ3v) is 3.68. The summed E-state index contributed by atoms with van der Waals surface area (Å²) in [5.41, 5.74) is 0.805. The molecule has 1 N–H and O–H groups in total. The molecule has 1 aliphatic rings. The van der Waals surface area contributed by atoms with Gasteiger partial charge in [-0.3, -0.25) is 4.90 Å². The Balaban J connectivity index is 2.55. The molecule has 0 unspecified atom stereocenters. The topological polar surface area (TPSA) is 58.6 Å². The summed E-state index contributed by atoms with van der Waals surface area (Å²) in [4.78, 5) is 25.9. The fourth-order valence-corrected chi connectivity index (χ4v) is 2.55. The van der Waals surface area contributed by atoms with Crippen molar-refractivity contribution in [2.24, 2.45) is 0 Å². The van der Waals surface area contributed by atoms with E-state index < -0.39 is 29.7 Å². The molecule has 0 saturated heterocycles. The summed E-state index contributed by atoms with van der Waals surface area (Å²) in [6, 6.07) is 1.84. The van der Waals surface area contributed by atoms with Crippen LogP contribution >= 0.6 is 0 Å². The lowest BCUT2D eigenvalue weighted by atomic mass is 9.94. The fourth-order valence-electron chi connectivity index (χ4n) is 2.55. The molecular formula is C17H18F2N2O3. The zero-order chi connectivity index (χ0) is 17.9. The minimum absolute atomic E-state index is 0.148. The van der Waals surface area contributed by atoms with Crippen LogP contribution in [0.2, 0.25) is 0 Å². The number of hydrogen-bond acceptors (Lipinski definition) is 3. The Bertz CT molecular complexity index is 716. The van der Waals surface area contributed by atoms with Crippen LogP contribution in [0.3, 0.4) is 0 Å². The highest BCUT2D eigenvalue weighted by Gasteiger charge is 2.36. The predicted molar refractivity (Wildman–Crippen MR) is 83.9 cm³/mol. The molecule has 0 radical (unpaired) electrons. The molecule has 0 fully saturated rings. The van der Waals surface area contributed by atoms with E-state index in [0.29, 0.717) is 5.70 Å². The molecule has 2 amide bonds. The Kier molecular flexibility index (Phi) is 5.33. The number of carbonyl (C=O) groups excluding carboxylic acids is 2. The molecule has 0 aromatic heterocycles. The van der Waals surface area contributed by atoms with Crippen LogP contribution in [0.4, 0.5) is 13.6 Å². The predicted octanol–water partition coefficient (Wildman–Crippen LogP) is 3.05. The van der Waals surface area contributed by atoms with Crippen LogP contribution in [0.1, 0.15) is 25.5 Å². The summed E-state index contributed by atoms with van der Waals surface area (Å²) in [6.07, 6.45) is 1.52.